The summed E-state index contributed by atoms with van der Waals surface area (Å²) in [6.45, 7) is 3.30. The van der Waals surface area contributed by atoms with Crippen LogP contribution in [0.1, 0.15) is 29.8 Å². The molecule has 0 aliphatic carbocycles. The third-order valence-corrected chi connectivity index (χ3v) is 5.73. The van der Waals surface area contributed by atoms with Gasteiger partial charge in [0.1, 0.15) is 5.75 Å². The first-order valence-corrected chi connectivity index (χ1v) is 9.40. The van der Waals surface area contributed by atoms with Crippen molar-refractivity contribution in [2.45, 2.75) is 19.4 Å². The summed E-state index contributed by atoms with van der Waals surface area (Å²) in [5.74, 6) is 0.851. The van der Waals surface area contributed by atoms with Gasteiger partial charge in [-0.2, -0.15) is 0 Å². The predicted octanol–water partition coefficient (Wildman–Crippen LogP) is 4.97. The second kappa shape index (κ2) is 7.93. The molecule has 0 bridgehead atoms. The lowest BCUT2D eigenvalue weighted by atomic mass is 9.99. The molecule has 0 radical (unpaired) electrons. The van der Waals surface area contributed by atoms with Crippen LogP contribution in [-0.4, -0.2) is 31.1 Å². The van der Waals surface area contributed by atoms with Crippen LogP contribution in [0.15, 0.2) is 42.5 Å². The molecule has 1 aromatic heterocycles. The van der Waals surface area contributed by atoms with Crippen LogP contribution in [0.4, 0.5) is 4.79 Å². The van der Waals surface area contributed by atoms with Gasteiger partial charge < -0.3 is 15.0 Å². The van der Waals surface area contributed by atoms with Crippen LogP contribution in [0.2, 0.25) is 4.34 Å². The number of hydrogen-bond acceptors (Lipinski definition) is 3. The summed E-state index contributed by atoms with van der Waals surface area (Å²) in [6, 6.07) is 11.8. The summed E-state index contributed by atoms with van der Waals surface area (Å²) in [6.07, 6.45) is 2.97. The molecule has 1 aliphatic heterocycles. The molecule has 0 spiro atoms. The molecule has 6 heteroatoms. The highest BCUT2D eigenvalue weighted by atomic mass is 35.5. The molecule has 1 atom stereocenters. The van der Waals surface area contributed by atoms with E-state index in [2.05, 4.69) is 23.5 Å². The molecule has 2 amide bonds. The van der Waals surface area contributed by atoms with E-state index in [0.29, 0.717) is 13.1 Å². The van der Waals surface area contributed by atoms with Crippen molar-refractivity contribution < 1.29 is 9.53 Å². The second-order valence-corrected chi connectivity index (χ2v) is 7.71. The van der Waals surface area contributed by atoms with Crippen LogP contribution < -0.4 is 10.1 Å². The molecule has 1 N–H and O–H groups in total. The molecule has 0 saturated carbocycles. The molecule has 1 aromatic carbocycles. The number of nitrogens with one attached hydrogen (secondary N) is 1. The van der Waals surface area contributed by atoms with E-state index in [1.165, 1.54) is 22.5 Å². The Morgan fingerprint density at radius 3 is 2.60 bits per heavy atom. The fraction of sp³-hybridized carbons (Fsp3) is 0.316. The highest BCUT2D eigenvalue weighted by Gasteiger charge is 2.20. The van der Waals surface area contributed by atoms with Crippen molar-refractivity contribution in [2.24, 2.45) is 0 Å². The summed E-state index contributed by atoms with van der Waals surface area (Å²) in [4.78, 5) is 15.3. The van der Waals surface area contributed by atoms with Gasteiger partial charge in [0, 0.05) is 18.0 Å². The topological polar surface area (TPSA) is 41.6 Å². The van der Waals surface area contributed by atoms with Crippen LogP contribution in [0.3, 0.4) is 0 Å². The van der Waals surface area contributed by atoms with Crippen LogP contribution in [0.25, 0.3) is 5.57 Å². The minimum absolute atomic E-state index is 0.0398. The quantitative estimate of drug-likeness (QED) is 0.818. The number of nitrogens with zero attached hydrogens (tertiary/aromatic N) is 1. The summed E-state index contributed by atoms with van der Waals surface area (Å²) in [5, 5.41) is 3.04. The fourth-order valence-corrected chi connectivity index (χ4v) is 3.89. The molecular weight excluding hydrogens is 356 g/mol. The lowest BCUT2D eigenvalue weighted by Crippen LogP contribution is -2.42. The maximum Gasteiger partial charge on any atom is 0.318 e. The number of methoxy groups -OCH3 is 1. The van der Waals surface area contributed by atoms with Gasteiger partial charge in [0.15, 0.2) is 0 Å². The molecule has 3 rings (SSSR count). The Labute approximate surface area is 157 Å². The van der Waals surface area contributed by atoms with Crippen molar-refractivity contribution in [1.82, 2.24) is 10.2 Å². The highest BCUT2D eigenvalue weighted by molar-refractivity contribution is 7.16. The Kier molecular flexibility index (Phi) is 5.66. The van der Waals surface area contributed by atoms with Gasteiger partial charge in [-0.1, -0.05) is 29.8 Å². The first-order valence-electron chi connectivity index (χ1n) is 8.21. The first kappa shape index (κ1) is 17.8. The molecular formula is C19H21ClN2O2S. The Morgan fingerprint density at radius 2 is 2.04 bits per heavy atom. The number of benzene rings is 1. The number of thiophene rings is 1. The molecule has 2 heterocycles. The van der Waals surface area contributed by atoms with Gasteiger partial charge in [-0.3, -0.25) is 0 Å². The Hall–Kier alpha value is -1.98. The van der Waals surface area contributed by atoms with E-state index in [1.807, 2.05) is 36.1 Å². The number of carbonyl (C=O) groups excluding carboxylic acids is 1. The Balaban J connectivity index is 1.58. The third-order valence-electron chi connectivity index (χ3n) is 4.32. The van der Waals surface area contributed by atoms with Gasteiger partial charge >= 0.3 is 6.03 Å². The zero-order chi connectivity index (χ0) is 17.8. The molecule has 132 valence electrons. The van der Waals surface area contributed by atoms with Crippen LogP contribution >= 0.6 is 22.9 Å². The first-order chi connectivity index (χ1) is 12.1. The van der Waals surface area contributed by atoms with E-state index in [1.54, 1.807) is 7.11 Å². The van der Waals surface area contributed by atoms with Gasteiger partial charge in [0.25, 0.3) is 0 Å². The van der Waals surface area contributed by atoms with Gasteiger partial charge in [0.05, 0.1) is 17.5 Å². The average molecular weight is 377 g/mol. The summed E-state index contributed by atoms with van der Waals surface area (Å²) < 4.78 is 5.93. The number of ether oxygens (including phenoxy) is 1. The fourth-order valence-electron chi connectivity index (χ4n) is 2.83. The minimum atomic E-state index is -0.0445. The zero-order valence-corrected chi connectivity index (χ0v) is 15.9. The van der Waals surface area contributed by atoms with Gasteiger partial charge in [0.2, 0.25) is 0 Å². The van der Waals surface area contributed by atoms with E-state index in [-0.39, 0.29) is 12.1 Å². The van der Waals surface area contributed by atoms with Gasteiger partial charge in [-0.15, -0.1) is 11.3 Å². The molecule has 1 aliphatic rings. The smallest absolute Gasteiger partial charge is 0.318 e. The van der Waals surface area contributed by atoms with Crippen molar-refractivity contribution in [1.29, 1.82) is 0 Å². The van der Waals surface area contributed by atoms with Crippen molar-refractivity contribution in [3.63, 3.8) is 0 Å². The number of rotatable bonds is 4. The standard InChI is InChI=1S/C19H21ClN2O2S/c1-13(17-7-8-18(20)25-17)21-19(23)22-11-9-15(10-12-22)14-3-5-16(24-2)6-4-14/h3-9,13H,10-12H2,1-2H3,(H,21,23). The van der Waals surface area contributed by atoms with Crippen LogP contribution in [0, 0.1) is 0 Å². The van der Waals surface area contributed by atoms with E-state index in [9.17, 15) is 4.79 Å². The largest absolute Gasteiger partial charge is 0.497 e. The van der Waals surface area contributed by atoms with Gasteiger partial charge in [-0.25, -0.2) is 4.79 Å². The lowest BCUT2D eigenvalue weighted by molar-refractivity contribution is 0.200. The molecule has 4 nitrogen and oxygen atoms in total. The maximum atomic E-state index is 12.5. The molecule has 25 heavy (non-hydrogen) atoms. The molecule has 0 fully saturated rings. The monoisotopic (exact) mass is 376 g/mol. The van der Waals surface area contributed by atoms with Crippen molar-refractivity contribution in [3.05, 3.63) is 57.3 Å². The van der Waals surface area contributed by atoms with E-state index in [4.69, 9.17) is 16.3 Å². The number of halogens is 1. The van der Waals surface area contributed by atoms with E-state index < -0.39 is 0 Å². The normalized spacial score (nSPS) is 15.5. The van der Waals surface area contributed by atoms with Crippen LogP contribution in [-0.2, 0) is 0 Å². The molecule has 1 unspecified atom stereocenters. The Morgan fingerprint density at radius 1 is 1.28 bits per heavy atom. The lowest BCUT2D eigenvalue weighted by Gasteiger charge is -2.28. The summed E-state index contributed by atoms with van der Waals surface area (Å²) in [5.41, 5.74) is 2.45. The van der Waals surface area contributed by atoms with Crippen LogP contribution in [0.5, 0.6) is 5.75 Å². The summed E-state index contributed by atoms with van der Waals surface area (Å²) in [7, 11) is 1.66. The van der Waals surface area contributed by atoms with Gasteiger partial charge in [-0.05, 0) is 48.7 Å². The third kappa shape index (κ3) is 4.35. The predicted molar refractivity (Wildman–Crippen MR) is 103 cm³/mol. The summed E-state index contributed by atoms with van der Waals surface area (Å²) >= 11 is 7.46. The minimum Gasteiger partial charge on any atom is -0.497 e. The van der Waals surface area contributed by atoms with Crippen molar-refractivity contribution in [2.75, 3.05) is 20.2 Å². The molecule has 2 aromatic rings. The molecule has 0 saturated heterocycles. The maximum absolute atomic E-state index is 12.5. The van der Waals surface area contributed by atoms with E-state index in [0.717, 1.165) is 21.4 Å². The number of carbonyl (C=O) groups is 1. The Bertz CT molecular complexity index is 770. The second-order valence-electron chi connectivity index (χ2n) is 5.97. The number of hydrogen-bond donors (Lipinski definition) is 1. The SMILES string of the molecule is COc1ccc(C2=CCN(C(=O)NC(C)c3ccc(Cl)s3)CC2)cc1. The number of amides is 2. The average Bonchev–Trinajstić information content (AvgIpc) is 3.08. The van der Waals surface area contributed by atoms with E-state index >= 15 is 0 Å². The highest BCUT2D eigenvalue weighted by Crippen LogP contribution is 2.27. The zero-order valence-electron chi connectivity index (χ0n) is 14.3. The van der Waals surface area contributed by atoms with Crippen molar-refractivity contribution >= 4 is 34.5 Å². The van der Waals surface area contributed by atoms with Crippen molar-refractivity contribution in [3.8, 4) is 5.75 Å². The number of urea groups is 1.